The molecule has 0 spiro atoms. The zero-order valence-corrected chi connectivity index (χ0v) is 8.52. The van der Waals surface area contributed by atoms with E-state index in [1.807, 2.05) is 19.1 Å². The Hall–Kier alpha value is -0.120. The summed E-state index contributed by atoms with van der Waals surface area (Å²) in [7, 11) is 0. The van der Waals surface area contributed by atoms with Gasteiger partial charge in [0.2, 0.25) is 0 Å². The summed E-state index contributed by atoms with van der Waals surface area (Å²) in [6, 6.07) is 3.87. The molecule has 0 aliphatic rings. The van der Waals surface area contributed by atoms with Crippen LogP contribution in [0, 0.1) is 0 Å². The average Bonchev–Trinajstić information content (AvgIpc) is 1.88. The fourth-order valence-electron chi connectivity index (χ4n) is 0.657. The van der Waals surface area contributed by atoms with Crippen molar-refractivity contribution >= 4 is 28.3 Å². The predicted molar refractivity (Wildman–Crippen MR) is 51.8 cm³/mol. The molecule has 0 fully saturated rings. The summed E-state index contributed by atoms with van der Waals surface area (Å²) in [5, 5.41) is 0. The molecule has 0 aliphatic carbocycles. The summed E-state index contributed by atoms with van der Waals surface area (Å²) >= 11 is 3.29. The van der Waals surface area contributed by atoms with Crippen LogP contribution >= 0.6 is 28.3 Å². The van der Waals surface area contributed by atoms with Gasteiger partial charge in [-0.1, -0.05) is 0 Å². The first-order chi connectivity index (χ1) is 4.70. The molecule has 4 heteroatoms. The van der Waals surface area contributed by atoms with Gasteiger partial charge >= 0.3 is 0 Å². The monoisotopic (exact) mass is 236 g/mol. The van der Waals surface area contributed by atoms with Crippen LogP contribution in [0.1, 0.15) is 18.7 Å². The van der Waals surface area contributed by atoms with Gasteiger partial charge in [-0.05, 0) is 35.0 Å². The molecule has 1 rings (SSSR count). The molecule has 62 valence electrons. The molecule has 2 nitrogen and oxygen atoms in total. The number of aromatic nitrogens is 1. The van der Waals surface area contributed by atoms with Crippen LogP contribution in [0.2, 0.25) is 0 Å². The standard InChI is InChI=1S/C7H9BrN2.ClH/c1-5(9)7-3-2-6(8)4-10-7;/h2-5H,9H2,1H3;1H. The van der Waals surface area contributed by atoms with E-state index in [4.69, 9.17) is 5.73 Å². The van der Waals surface area contributed by atoms with E-state index in [1.54, 1.807) is 6.20 Å². The maximum Gasteiger partial charge on any atom is 0.0569 e. The third-order valence-corrected chi connectivity index (χ3v) is 1.69. The highest BCUT2D eigenvalue weighted by Gasteiger charge is 1.97. The third kappa shape index (κ3) is 3.18. The highest BCUT2D eigenvalue weighted by atomic mass is 79.9. The van der Waals surface area contributed by atoms with Gasteiger partial charge in [0.25, 0.3) is 0 Å². The first-order valence-electron chi connectivity index (χ1n) is 3.07. The fourth-order valence-corrected chi connectivity index (χ4v) is 0.891. The number of rotatable bonds is 1. The first kappa shape index (κ1) is 10.9. The van der Waals surface area contributed by atoms with Crippen LogP contribution in [0.3, 0.4) is 0 Å². The zero-order valence-electron chi connectivity index (χ0n) is 6.12. The molecule has 2 N–H and O–H groups in total. The number of hydrogen-bond donors (Lipinski definition) is 1. The molecule has 0 saturated heterocycles. The zero-order chi connectivity index (χ0) is 7.56. The third-order valence-electron chi connectivity index (χ3n) is 1.22. The molecule has 0 saturated carbocycles. The Balaban J connectivity index is 0.000001000. The highest BCUT2D eigenvalue weighted by Crippen LogP contribution is 2.10. The van der Waals surface area contributed by atoms with Crippen LogP contribution in [0.5, 0.6) is 0 Å². The summed E-state index contributed by atoms with van der Waals surface area (Å²) in [6.45, 7) is 1.91. The second-order valence-electron chi connectivity index (χ2n) is 2.19. The lowest BCUT2D eigenvalue weighted by Crippen LogP contribution is -2.06. The molecular weight excluding hydrogens is 227 g/mol. The maximum absolute atomic E-state index is 5.59. The van der Waals surface area contributed by atoms with Gasteiger partial charge in [-0.2, -0.15) is 0 Å². The Bertz CT molecular complexity index is 210. The molecule has 1 unspecified atom stereocenters. The summed E-state index contributed by atoms with van der Waals surface area (Å²) in [4.78, 5) is 4.11. The van der Waals surface area contributed by atoms with Crippen molar-refractivity contribution in [2.45, 2.75) is 13.0 Å². The largest absolute Gasteiger partial charge is 0.323 e. The molecule has 1 heterocycles. The molecule has 0 radical (unpaired) electrons. The summed E-state index contributed by atoms with van der Waals surface area (Å²) < 4.78 is 0.983. The van der Waals surface area contributed by atoms with Crippen LogP contribution in [-0.2, 0) is 0 Å². The van der Waals surface area contributed by atoms with E-state index in [-0.39, 0.29) is 18.4 Å². The van der Waals surface area contributed by atoms with Gasteiger partial charge in [0.1, 0.15) is 0 Å². The van der Waals surface area contributed by atoms with Crippen molar-refractivity contribution in [2.75, 3.05) is 0 Å². The van der Waals surface area contributed by atoms with E-state index in [0.29, 0.717) is 0 Å². The van der Waals surface area contributed by atoms with Gasteiger partial charge in [0.05, 0.1) is 5.69 Å². The van der Waals surface area contributed by atoms with Crippen molar-refractivity contribution in [3.8, 4) is 0 Å². The van der Waals surface area contributed by atoms with Crippen molar-refractivity contribution in [2.24, 2.45) is 5.73 Å². The SMILES string of the molecule is CC(N)c1ccc(Br)cn1.Cl. The smallest absolute Gasteiger partial charge is 0.0569 e. The predicted octanol–water partition coefficient (Wildman–Crippen LogP) is 2.29. The Kier molecular flexibility index (Phi) is 4.65. The lowest BCUT2D eigenvalue weighted by atomic mass is 10.2. The van der Waals surface area contributed by atoms with Crippen molar-refractivity contribution in [1.29, 1.82) is 0 Å². The number of hydrogen-bond acceptors (Lipinski definition) is 2. The van der Waals surface area contributed by atoms with Crippen LogP contribution in [0.25, 0.3) is 0 Å². The Morgan fingerprint density at radius 1 is 1.55 bits per heavy atom. The van der Waals surface area contributed by atoms with E-state index >= 15 is 0 Å². The van der Waals surface area contributed by atoms with Crippen LogP contribution < -0.4 is 5.73 Å². The van der Waals surface area contributed by atoms with E-state index < -0.39 is 0 Å². The van der Waals surface area contributed by atoms with Gasteiger partial charge in [-0.15, -0.1) is 12.4 Å². The minimum atomic E-state index is 0. The number of nitrogens with two attached hydrogens (primary N) is 1. The van der Waals surface area contributed by atoms with Crippen molar-refractivity contribution in [3.63, 3.8) is 0 Å². The normalized spacial score (nSPS) is 11.9. The molecule has 1 aromatic heterocycles. The molecule has 0 aliphatic heterocycles. The average molecular weight is 238 g/mol. The van der Waals surface area contributed by atoms with Crippen molar-refractivity contribution < 1.29 is 0 Å². The van der Waals surface area contributed by atoms with Gasteiger partial charge in [-0.3, -0.25) is 4.98 Å². The van der Waals surface area contributed by atoms with Crippen LogP contribution in [0.15, 0.2) is 22.8 Å². The second kappa shape index (κ2) is 4.70. The summed E-state index contributed by atoms with van der Waals surface area (Å²) in [5.74, 6) is 0. The van der Waals surface area contributed by atoms with E-state index in [9.17, 15) is 0 Å². The van der Waals surface area contributed by atoms with E-state index in [0.717, 1.165) is 10.2 Å². The lowest BCUT2D eigenvalue weighted by molar-refractivity contribution is 0.780. The minimum Gasteiger partial charge on any atom is -0.323 e. The first-order valence-corrected chi connectivity index (χ1v) is 3.86. The summed E-state index contributed by atoms with van der Waals surface area (Å²) in [6.07, 6.45) is 1.75. The van der Waals surface area contributed by atoms with Crippen LogP contribution in [-0.4, -0.2) is 4.98 Å². The van der Waals surface area contributed by atoms with Gasteiger partial charge in [-0.25, -0.2) is 0 Å². The van der Waals surface area contributed by atoms with Gasteiger partial charge in [0, 0.05) is 16.7 Å². The lowest BCUT2D eigenvalue weighted by Gasteiger charge is -2.02. The van der Waals surface area contributed by atoms with Gasteiger partial charge < -0.3 is 5.73 Å². The van der Waals surface area contributed by atoms with Gasteiger partial charge in [0.15, 0.2) is 0 Å². The quantitative estimate of drug-likeness (QED) is 0.814. The molecule has 0 aromatic carbocycles. The molecule has 1 aromatic rings. The van der Waals surface area contributed by atoms with E-state index in [1.165, 1.54) is 0 Å². The van der Waals surface area contributed by atoms with E-state index in [2.05, 4.69) is 20.9 Å². The Morgan fingerprint density at radius 3 is 2.55 bits per heavy atom. The second-order valence-corrected chi connectivity index (χ2v) is 3.11. The Labute approximate surface area is 80.7 Å². The number of halogens is 2. The fraction of sp³-hybridized carbons (Fsp3) is 0.286. The van der Waals surface area contributed by atoms with Crippen LogP contribution in [0.4, 0.5) is 0 Å². The molecular formula is C7H10BrClN2. The maximum atomic E-state index is 5.59. The number of nitrogens with zero attached hydrogens (tertiary/aromatic N) is 1. The molecule has 0 bridgehead atoms. The minimum absolute atomic E-state index is 0. The summed E-state index contributed by atoms with van der Waals surface area (Å²) in [5.41, 5.74) is 6.51. The molecule has 1 atom stereocenters. The van der Waals surface area contributed by atoms with Crippen molar-refractivity contribution in [3.05, 3.63) is 28.5 Å². The highest BCUT2D eigenvalue weighted by molar-refractivity contribution is 9.10. The number of pyridine rings is 1. The molecule has 11 heavy (non-hydrogen) atoms. The Morgan fingerprint density at radius 2 is 2.18 bits per heavy atom. The van der Waals surface area contributed by atoms with Crippen molar-refractivity contribution in [1.82, 2.24) is 4.98 Å². The molecule has 0 amide bonds. The topological polar surface area (TPSA) is 38.9 Å².